The molecule has 0 aliphatic carbocycles. The Morgan fingerprint density at radius 1 is 1.21 bits per heavy atom. The smallest absolute Gasteiger partial charge is 0.128 e. The summed E-state index contributed by atoms with van der Waals surface area (Å²) in [7, 11) is 0.567. The Bertz CT molecular complexity index is 597. The molecule has 0 bridgehead atoms. The monoisotopic (exact) mass is 275 g/mol. The summed E-state index contributed by atoms with van der Waals surface area (Å²) in [6.07, 6.45) is 1.77. The Morgan fingerprint density at radius 3 is 2.53 bits per heavy atom. The van der Waals surface area contributed by atoms with Gasteiger partial charge in [-0.1, -0.05) is 18.2 Å². The molecule has 4 heteroatoms. The number of ether oxygens (including phenoxy) is 1. The average molecular weight is 275 g/mol. The van der Waals surface area contributed by atoms with E-state index in [0.717, 1.165) is 27.5 Å². The van der Waals surface area contributed by atoms with Gasteiger partial charge in [0.15, 0.2) is 0 Å². The Kier molecular flexibility index (Phi) is 4.32. The molecule has 0 N–H and O–H groups in total. The highest BCUT2D eigenvalue weighted by atomic mass is 32.2. The molecular formula is C15H17NO2S. The lowest BCUT2D eigenvalue weighted by Gasteiger charge is -2.12. The van der Waals surface area contributed by atoms with Crippen LogP contribution >= 0.6 is 0 Å². The van der Waals surface area contributed by atoms with Gasteiger partial charge in [-0.05, 0) is 26.0 Å². The van der Waals surface area contributed by atoms with Crippen molar-refractivity contribution < 1.29 is 8.95 Å². The van der Waals surface area contributed by atoms with Gasteiger partial charge in [-0.25, -0.2) is 0 Å². The third-order valence-electron chi connectivity index (χ3n) is 3.02. The third-order valence-corrected chi connectivity index (χ3v) is 4.36. The zero-order chi connectivity index (χ0) is 13.8. The van der Waals surface area contributed by atoms with Crippen LogP contribution < -0.4 is 4.74 Å². The minimum atomic E-state index is -1.08. The third kappa shape index (κ3) is 3.01. The highest BCUT2D eigenvalue weighted by Crippen LogP contribution is 2.25. The van der Waals surface area contributed by atoms with E-state index in [1.807, 2.05) is 44.2 Å². The molecule has 1 heterocycles. The van der Waals surface area contributed by atoms with Crippen LogP contribution in [0.2, 0.25) is 0 Å². The van der Waals surface area contributed by atoms with Crippen LogP contribution in [0.25, 0.3) is 0 Å². The molecule has 0 aliphatic heterocycles. The van der Waals surface area contributed by atoms with Crippen molar-refractivity contribution in [3.63, 3.8) is 0 Å². The number of hydrogen-bond donors (Lipinski definition) is 0. The Labute approximate surface area is 116 Å². The normalized spacial score (nSPS) is 12.2. The van der Waals surface area contributed by atoms with E-state index in [9.17, 15) is 4.21 Å². The lowest BCUT2D eigenvalue weighted by Crippen LogP contribution is -2.04. The van der Waals surface area contributed by atoms with Crippen LogP contribution in [-0.2, 0) is 16.6 Å². The molecular weight excluding hydrogens is 258 g/mol. The number of benzene rings is 1. The van der Waals surface area contributed by atoms with E-state index < -0.39 is 10.8 Å². The van der Waals surface area contributed by atoms with Crippen LogP contribution in [0.5, 0.6) is 5.75 Å². The fourth-order valence-electron chi connectivity index (χ4n) is 2.00. The highest BCUT2D eigenvalue weighted by Gasteiger charge is 2.13. The van der Waals surface area contributed by atoms with Crippen LogP contribution in [0.4, 0.5) is 0 Å². The van der Waals surface area contributed by atoms with Gasteiger partial charge in [-0.2, -0.15) is 0 Å². The summed E-state index contributed by atoms with van der Waals surface area (Å²) in [5.41, 5.74) is 2.78. The summed E-state index contributed by atoms with van der Waals surface area (Å²) in [5.74, 6) is 1.24. The number of nitrogens with zero attached hydrogens (tertiary/aromatic N) is 1. The summed E-state index contributed by atoms with van der Waals surface area (Å²) in [6, 6.07) is 9.44. The maximum Gasteiger partial charge on any atom is 0.128 e. The number of aromatic nitrogens is 1. The lowest BCUT2D eigenvalue weighted by atomic mass is 10.1. The minimum Gasteiger partial charge on any atom is -0.496 e. The van der Waals surface area contributed by atoms with E-state index >= 15 is 0 Å². The predicted molar refractivity (Wildman–Crippen MR) is 76.8 cm³/mol. The van der Waals surface area contributed by atoms with Gasteiger partial charge in [0.05, 0.1) is 29.4 Å². The highest BCUT2D eigenvalue weighted by molar-refractivity contribution is 7.84. The first-order valence-corrected chi connectivity index (χ1v) is 7.38. The molecule has 19 heavy (non-hydrogen) atoms. The molecule has 0 spiro atoms. The first-order chi connectivity index (χ1) is 9.13. The summed E-state index contributed by atoms with van der Waals surface area (Å²) in [6.45, 7) is 3.91. The number of methoxy groups -OCH3 is 1. The van der Waals surface area contributed by atoms with Crippen molar-refractivity contribution >= 4 is 10.8 Å². The van der Waals surface area contributed by atoms with Crippen molar-refractivity contribution in [2.24, 2.45) is 0 Å². The molecule has 1 aromatic carbocycles. The van der Waals surface area contributed by atoms with E-state index in [2.05, 4.69) is 4.98 Å². The summed E-state index contributed by atoms with van der Waals surface area (Å²) >= 11 is 0. The SMILES string of the molecule is COc1c(C)cnc(C[S@@](=O)c2ccccc2)c1C. The van der Waals surface area contributed by atoms with E-state index in [0.29, 0.717) is 5.75 Å². The number of pyridine rings is 1. The molecule has 0 unspecified atom stereocenters. The Hall–Kier alpha value is -1.68. The summed E-state index contributed by atoms with van der Waals surface area (Å²) in [5, 5.41) is 0. The molecule has 100 valence electrons. The molecule has 0 saturated carbocycles. The maximum atomic E-state index is 12.3. The minimum absolute atomic E-state index is 0.409. The van der Waals surface area contributed by atoms with Crippen LogP contribution in [-0.4, -0.2) is 16.3 Å². The first kappa shape index (κ1) is 13.7. The molecule has 0 fully saturated rings. The fraction of sp³-hybridized carbons (Fsp3) is 0.267. The van der Waals surface area contributed by atoms with Crippen LogP contribution in [0.1, 0.15) is 16.8 Å². The Morgan fingerprint density at radius 2 is 1.89 bits per heavy atom. The molecule has 0 aliphatic rings. The van der Waals surface area contributed by atoms with Gasteiger partial charge in [-0.15, -0.1) is 0 Å². The summed E-state index contributed by atoms with van der Waals surface area (Å²) < 4.78 is 17.6. The average Bonchev–Trinajstić information content (AvgIpc) is 2.43. The second-order valence-electron chi connectivity index (χ2n) is 4.35. The first-order valence-electron chi connectivity index (χ1n) is 6.06. The molecule has 0 saturated heterocycles. The van der Waals surface area contributed by atoms with Gasteiger partial charge in [0.1, 0.15) is 5.75 Å². The fourth-order valence-corrected chi connectivity index (χ4v) is 3.16. The quantitative estimate of drug-likeness (QED) is 0.861. The molecule has 0 radical (unpaired) electrons. The standard InChI is InChI=1S/C15H17NO2S/c1-11-9-16-14(12(2)15(11)18-3)10-19(17)13-7-5-4-6-8-13/h4-9H,10H2,1-3H3/t19-/m1/s1. The van der Waals surface area contributed by atoms with Crippen molar-refractivity contribution in [1.82, 2.24) is 4.98 Å². The van der Waals surface area contributed by atoms with E-state index in [1.165, 1.54) is 0 Å². The molecule has 3 nitrogen and oxygen atoms in total. The molecule has 1 aromatic heterocycles. The number of aryl methyl sites for hydroxylation is 1. The molecule has 2 aromatic rings. The van der Waals surface area contributed by atoms with Gasteiger partial charge in [0.25, 0.3) is 0 Å². The Balaban J connectivity index is 2.27. The van der Waals surface area contributed by atoms with Crippen molar-refractivity contribution in [2.45, 2.75) is 24.5 Å². The zero-order valence-electron chi connectivity index (χ0n) is 11.3. The van der Waals surface area contributed by atoms with E-state index in [-0.39, 0.29) is 0 Å². The van der Waals surface area contributed by atoms with Crippen molar-refractivity contribution in [3.8, 4) is 5.75 Å². The number of hydrogen-bond acceptors (Lipinski definition) is 3. The van der Waals surface area contributed by atoms with Gasteiger partial charge >= 0.3 is 0 Å². The second-order valence-corrected chi connectivity index (χ2v) is 5.80. The van der Waals surface area contributed by atoms with Crippen molar-refractivity contribution in [2.75, 3.05) is 7.11 Å². The van der Waals surface area contributed by atoms with Crippen molar-refractivity contribution in [3.05, 3.63) is 53.3 Å². The van der Waals surface area contributed by atoms with E-state index in [4.69, 9.17) is 4.74 Å². The van der Waals surface area contributed by atoms with Gasteiger partial charge in [0.2, 0.25) is 0 Å². The second kappa shape index (κ2) is 5.97. The zero-order valence-corrected chi connectivity index (χ0v) is 12.2. The predicted octanol–water partition coefficient (Wildman–Crippen LogP) is 3.01. The van der Waals surface area contributed by atoms with Crippen molar-refractivity contribution in [1.29, 1.82) is 0 Å². The maximum absolute atomic E-state index is 12.3. The van der Waals surface area contributed by atoms with Gasteiger partial charge in [-0.3, -0.25) is 9.19 Å². The molecule has 1 atom stereocenters. The van der Waals surface area contributed by atoms with Gasteiger partial charge < -0.3 is 4.74 Å². The van der Waals surface area contributed by atoms with Crippen LogP contribution in [0.3, 0.4) is 0 Å². The summed E-state index contributed by atoms with van der Waals surface area (Å²) in [4.78, 5) is 5.20. The molecule has 0 amide bonds. The van der Waals surface area contributed by atoms with Crippen LogP contribution in [0.15, 0.2) is 41.4 Å². The molecule has 2 rings (SSSR count). The van der Waals surface area contributed by atoms with Crippen LogP contribution in [0, 0.1) is 13.8 Å². The van der Waals surface area contributed by atoms with Gasteiger partial charge in [0, 0.05) is 22.2 Å². The van der Waals surface area contributed by atoms with E-state index in [1.54, 1.807) is 13.3 Å². The number of rotatable bonds is 4. The topological polar surface area (TPSA) is 39.2 Å². The lowest BCUT2D eigenvalue weighted by molar-refractivity contribution is 0.407. The largest absolute Gasteiger partial charge is 0.496 e.